The second-order valence-electron chi connectivity index (χ2n) is 3.84. The molecule has 0 bridgehead atoms. The molecule has 1 N–H and O–H groups in total. The van der Waals surface area contributed by atoms with Gasteiger partial charge >= 0.3 is 5.91 Å². The Balaban J connectivity index is 1.95. The van der Waals surface area contributed by atoms with Gasteiger partial charge < -0.3 is 0 Å². The predicted molar refractivity (Wildman–Crippen MR) is 72.5 cm³/mol. The van der Waals surface area contributed by atoms with Gasteiger partial charge in [-0.1, -0.05) is 28.1 Å². The molecule has 0 aliphatic carbocycles. The normalized spacial score (nSPS) is 10.1. The third-order valence-corrected chi connectivity index (χ3v) is 2.92. The average Bonchev–Trinajstić information content (AvgIpc) is 2.92. The summed E-state index contributed by atoms with van der Waals surface area (Å²) in [5.41, 5.74) is 2.60. The van der Waals surface area contributed by atoms with Crippen LogP contribution in [0, 0.1) is 0 Å². The molecule has 102 valence electrons. The Bertz CT molecular complexity index is 637. The van der Waals surface area contributed by atoms with Gasteiger partial charge in [0.2, 0.25) is 5.78 Å². The number of ketones is 2. The van der Waals surface area contributed by atoms with Crippen molar-refractivity contribution < 1.29 is 14.4 Å². The van der Waals surface area contributed by atoms with Crippen LogP contribution in [0.15, 0.2) is 41.4 Å². The number of benzene rings is 1. The van der Waals surface area contributed by atoms with Crippen LogP contribution in [0.5, 0.6) is 0 Å². The minimum absolute atomic E-state index is 0.374. The van der Waals surface area contributed by atoms with E-state index in [1.165, 1.54) is 12.7 Å². The monoisotopic (exact) mass is 336 g/mol. The third-order valence-electron chi connectivity index (χ3n) is 2.39. The fourth-order valence-electron chi connectivity index (χ4n) is 1.40. The highest BCUT2D eigenvalue weighted by Crippen LogP contribution is 2.12. The van der Waals surface area contributed by atoms with Crippen molar-refractivity contribution >= 4 is 33.4 Å². The minimum Gasteiger partial charge on any atom is -0.294 e. The molecule has 1 heterocycles. The van der Waals surface area contributed by atoms with Gasteiger partial charge in [-0.15, -0.1) is 10.2 Å². The first-order chi connectivity index (χ1) is 9.56. The standard InChI is InChI=1S/C12H9BrN4O3/c13-9-3-1-8(2-4-9)10(18)5-11(19)12(20)16-17-6-14-15-7-17/h1-4,6-7H,5H2,(H,16,20). The number of nitrogens with zero attached hydrogens (tertiary/aromatic N) is 3. The Hall–Kier alpha value is -2.35. The van der Waals surface area contributed by atoms with Gasteiger partial charge in [0, 0.05) is 10.0 Å². The summed E-state index contributed by atoms with van der Waals surface area (Å²) in [6.07, 6.45) is 1.96. The van der Waals surface area contributed by atoms with Gasteiger partial charge in [0.25, 0.3) is 0 Å². The number of carbonyl (C=O) groups is 3. The minimum atomic E-state index is -0.893. The lowest BCUT2D eigenvalue weighted by Gasteiger charge is -2.03. The van der Waals surface area contributed by atoms with Crippen molar-refractivity contribution in [2.75, 3.05) is 5.43 Å². The molecule has 0 radical (unpaired) electrons. The van der Waals surface area contributed by atoms with Crippen LogP contribution in [-0.2, 0) is 9.59 Å². The summed E-state index contributed by atoms with van der Waals surface area (Å²) < 4.78 is 1.95. The summed E-state index contributed by atoms with van der Waals surface area (Å²) in [5, 5.41) is 6.93. The molecular weight excluding hydrogens is 328 g/mol. The van der Waals surface area contributed by atoms with Crippen LogP contribution in [0.25, 0.3) is 0 Å². The second kappa shape index (κ2) is 6.20. The molecule has 2 aromatic rings. The van der Waals surface area contributed by atoms with Crippen molar-refractivity contribution in [2.24, 2.45) is 0 Å². The van der Waals surface area contributed by atoms with Gasteiger partial charge in [-0.25, -0.2) is 4.68 Å². The quantitative estimate of drug-likeness (QED) is 0.498. The van der Waals surface area contributed by atoms with E-state index in [9.17, 15) is 14.4 Å². The summed E-state index contributed by atoms with van der Waals surface area (Å²) in [5.74, 6) is -2.14. The van der Waals surface area contributed by atoms with E-state index in [0.717, 1.165) is 9.15 Å². The zero-order valence-corrected chi connectivity index (χ0v) is 11.7. The zero-order chi connectivity index (χ0) is 14.5. The molecule has 0 unspecified atom stereocenters. The van der Waals surface area contributed by atoms with Crippen molar-refractivity contribution in [3.63, 3.8) is 0 Å². The largest absolute Gasteiger partial charge is 0.306 e. The average molecular weight is 337 g/mol. The number of aromatic nitrogens is 3. The van der Waals surface area contributed by atoms with Crippen molar-refractivity contribution in [2.45, 2.75) is 6.42 Å². The lowest BCUT2D eigenvalue weighted by molar-refractivity contribution is -0.134. The lowest BCUT2D eigenvalue weighted by Crippen LogP contribution is -2.30. The van der Waals surface area contributed by atoms with E-state index in [2.05, 4.69) is 31.6 Å². The highest BCUT2D eigenvalue weighted by molar-refractivity contribution is 9.10. The van der Waals surface area contributed by atoms with Crippen molar-refractivity contribution in [3.05, 3.63) is 47.0 Å². The van der Waals surface area contributed by atoms with Crippen molar-refractivity contribution in [1.29, 1.82) is 0 Å². The Morgan fingerprint density at radius 1 is 1.10 bits per heavy atom. The molecule has 20 heavy (non-hydrogen) atoms. The van der Waals surface area contributed by atoms with E-state index in [-0.39, 0.29) is 0 Å². The summed E-state index contributed by atoms with van der Waals surface area (Å²) in [6, 6.07) is 6.54. The van der Waals surface area contributed by atoms with Crippen LogP contribution in [0.4, 0.5) is 0 Å². The van der Waals surface area contributed by atoms with Gasteiger partial charge in [0.1, 0.15) is 12.7 Å². The number of halogens is 1. The van der Waals surface area contributed by atoms with Gasteiger partial charge in [0.05, 0.1) is 6.42 Å². The van der Waals surface area contributed by atoms with Crippen LogP contribution in [0.2, 0.25) is 0 Å². The molecule has 0 atom stereocenters. The molecule has 1 amide bonds. The molecule has 1 aromatic carbocycles. The van der Waals surface area contributed by atoms with Crippen LogP contribution >= 0.6 is 15.9 Å². The number of hydrogen-bond acceptors (Lipinski definition) is 5. The van der Waals surface area contributed by atoms with Crippen molar-refractivity contribution in [3.8, 4) is 0 Å². The Morgan fingerprint density at radius 3 is 2.30 bits per heavy atom. The van der Waals surface area contributed by atoms with Gasteiger partial charge in [0.15, 0.2) is 5.78 Å². The summed E-state index contributed by atoms with van der Waals surface area (Å²) in [6.45, 7) is 0. The van der Waals surface area contributed by atoms with E-state index in [1.807, 2.05) is 0 Å². The van der Waals surface area contributed by atoms with E-state index in [4.69, 9.17) is 0 Å². The predicted octanol–water partition coefficient (Wildman–Crippen LogP) is 0.953. The fourth-order valence-corrected chi connectivity index (χ4v) is 1.67. The summed E-state index contributed by atoms with van der Waals surface area (Å²) >= 11 is 3.24. The first-order valence-corrected chi connectivity index (χ1v) is 6.33. The summed E-state index contributed by atoms with van der Waals surface area (Å²) in [7, 11) is 0. The summed E-state index contributed by atoms with van der Waals surface area (Å²) in [4.78, 5) is 35.0. The lowest BCUT2D eigenvalue weighted by atomic mass is 10.1. The third kappa shape index (κ3) is 3.58. The van der Waals surface area contributed by atoms with Crippen LogP contribution in [0.3, 0.4) is 0 Å². The number of carbonyl (C=O) groups excluding carboxylic acids is 3. The Labute approximate surface area is 122 Å². The molecule has 0 aliphatic heterocycles. The maximum atomic E-state index is 11.8. The van der Waals surface area contributed by atoms with E-state index in [1.54, 1.807) is 24.3 Å². The molecule has 2 rings (SSSR count). The number of nitrogens with one attached hydrogen (secondary N) is 1. The van der Waals surface area contributed by atoms with E-state index >= 15 is 0 Å². The van der Waals surface area contributed by atoms with Crippen LogP contribution in [-0.4, -0.2) is 32.3 Å². The number of rotatable bonds is 5. The van der Waals surface area contributed by atoms with Gasteiger partial charge in [-0.05, 0) is 12.1 Å². The molecule has 0 saturated heterocycles. The highest BCUT2D eigenvalue weighted by Gasteiger charge is 2.19. The zero-order valence-electron chi connectivity index (χ0n) is 10.1. The Morgan fingerprint density at radius 2 is 1.70 bits per heavy atom. The number of Topliss-reactive ketones (excluding diaryl/α,β-unsaturated/α-hetero) is 2. The molecule has 0 saturated carbocycles. The molecule has 0 fully saturated rings. The number of amides is 1. The first-order valence-electron chi connectivity index (χ1n) is 5.54. The maximum Gasteiger partial charge on any atom is 0.306 e. The molecule has 1 aromatic heterocycles. The molecular formula is C12H9BrN4O3. The van der Waals surface area contributed by atoms with E-state index < -0.39 is 23.9 Å². The van der Waals surface area contributed by atoms with E-state index in [0.29, 0.717) is 5.56 Å². The van der Waals surface area contributed by atoms with Crippen LogP contribution < -0.4 is 5.43 Å². The highest BCUT2D eigenvalue weighted by atomic mass is 79.9. The smallest absolute Gasteiger partial charge is 0.294 e. The molecule has 8 heteroatoms. The molecule has 0 spiro atoms. The molecule has 0 aliphatic rings. The number of hydrogen-bond donors (Lipinski definition) is 1. The van der Waals surface area contributed by atoms with Gasteiger partial charge in [-0.3, -0.25) is 19.8 Å². The topological polar surface area (TPSA) is 94.0 Å². The fraction of sp³-hybridized carbons (Fsp3) is 0.0833. The van der Waals surface area contributed by atoms with Crippen LogP contribution in [0.1, 0.15) is 16.8 Å². The maximum absolute atomic E-state index is 11.8. The van der Waals surface area contributed by atoms with Crippen molar-refractivity contribution in [1.82, 2.24) is 14.9 Å². The second-order valence-corrected chi connectivity index (χ2v) is 4.76. The Kier molecular flexibility index (Phi) is 4.36. The SMILES string of the molecule is O=C(CC(=O)c1ccc(Br)cc1)C(=O)Nn1cnnc1. The first kappa shape index (κ1) is 14.1. The molecule has 7 nitrogen and oxygen atoms in total. The van der Waals surface area contributed by atoms with Gasteiger partial charge in [-0.2, -0.15) is 0 Å².